The molecule has 0 N–H and O–H groups in total. The molecule has 1 fully saturated rings. The lowest BCUT2D eigenvalue weighted by atomic mass is 9.90. The van der Waals surface area contributed by atoms with Crippen molar-refractivity contribution < 1.29 is 18.0 Å². The Labute approximate surface area is 87.4 Å². The third-order valence-corrected chi connectivity index (χ3v) is 3.14. The number of ketones is 1. The Hall–Kier alpha value is -0.580. The Morgan fingerprint density at radius 1 is 1.40 bits per heavy atom. The highest BCUT2D eigenvalue weighted by atomic mass is 19.4. The average Bonchev–Trinajstić information content (AvgIpc) is 2.12. The molecule has 1 aliphatic heterocycles. The number of hydrogen-bond donors (Lipinski definition) is 0. The first kappa shape index (κ1) is 12.5. The van der Waals surface area contributed by atoms with Crippen molar-refractivity contribution in [3.8, 4) is 0 Å². The third kappa shape index (κ3) is 3.48. The predicted octanol–water partition coefficient (Wildman–Crippen LogP) is 2.24. The fourth-order valence-electron chi connectivity index (χ4n) is 1.86. The maximum Gasteiger partial charge on any atom is 0.390 e. The van der Waals surface area contributed by atoms with Gasteiger partial charge in [-0.2, -0.15) is 13.2 Å². The standard InChI is InChI=1S/C10H16F3NO/c1-7-8(2)14(5-3-9(7)15)6-4-10(11,12)13/h7-8H,3-6H2,1-2H3. The zero-order valence-electron chi connectivity index (χ0n) is 8.97. The molecule has 1 saturated heterocycles. The van der Waals surface area contributed by atoms with Crippen LogP contribution in [0, 0.1) is 5.92 Å². The van der Waals surface area contributed by atoms with Crippen LogP contribution in [-0.2, 0) is 4.79 Å². The Bertz CT molecular complexity index is 239. The van der Waals surface area contributed by atoms with Gasteiger partial charge < -0.3 is 0 Å². The van der Waals surface area contributed by atoms with Crippen molar-refractivity contribution in [2.45, 2.75) is 38.9 Å². The summed E-state index contributed by atoms with van der Waals surface area (Å²) in [5, 5.41) is 0. The number of Topliss-reactive ketones (excluding diaryl/α,β-unsaturated/α-hetero) is 1. The van der Waals surface area contributed by atoms with Gasteiger partial charge in [0.15, 0.2) is 0 Å². The molecule has 88 valence electrons. The van der Waals surface area contributed by atoms with Crippen molar-refractivity contribution in [2.24, 2.45) is 5.92 Å². The van der Waals surface area contributed by atoms with Gasteiger partial charge in [-0.1, -0.05) is 6.92 Å². The maximum absolute atomic E-state index is 12.0. The number of carbonyl (C=O) groups excluding carboxylic acids is 1. The average molecular weight is 223 g/mol. The van der Waals surface area contributed by atoms with Crippen LogP contribution in [0.2, 0.25) is 0 Å². The molecule has 0 bridgehead atoms. The van der Waals surface area contributed by atoms with E-state index < -0.39 is 12.6 Å². The number of likely N-dealkylation sites (tertiary alicyclic amines) is 1. The van der Waals surface area contributed by atoms with Gasteiger partial charge in [0, 0.05) is 31.5 Å². The molecule has 1 heterocycles. The molecule has 2 atom stereocenters. The Balaban J connectivity index is 2.46. The van der Waals surface area contributed by atoms with E-state index in [0.29, 0.717) is 13.0 Å². The molecule has 0 radical (unpaired) electrons. The van der Waals surface area contributed by atoms with Crippen molar-refractivity contribution in [2.75, 3.05) is 13.1 Å². The first-order valence-electron chi connectivity index (χ1n) is 5.15. The van der Waals surface area contributed by atoms with Gasteiger partial charge in [-0.25, -0.2) is 0 Å². The lowest BCUT2D eigenvalue weighted by molar-refractivity contribution is -0.142. The van der Waals surface area contributed by atoms with Crippen molar-refractivity contribution >= 4 is 5.78 Å². The number of alkyl halides is 3. The monoisotopic (exact) mass is 223 g/mol. The topological polar surface area (TPSA) is 20.3 Å². The number of rotatable bonds is 2. The summed E-state index contributed by atoms with van der Waals surface area (Å²) in [7, 11) is 0. The van der Waals surface area contributed by atoms with E-state index in [1.165, 1.54) is 0 Å². The molecule has 0 amide bonds. The van der Waals surface area contributed by atoms with Crippen LogP contribution in [-0.4, -0.2) is 36.0 Å². The van der Waals surface area contributed by atoms with Gasteiger partial charge in [-0.15, -0.1) is 0 Å². The summed E-state index contributed by atoms with van der Waals surface area (Å²) in [6.45, 7) is 4.06. The van der Waals surface area contributed by atoms with E-state index in [2.05, 4.69) is 0 Å². The molecule has 1 aliphatic rings. The van der Waals surface area contributed by atoms with E-state index in [1.807, 2.05) is 6.92 Å². The molecular formula is C10H16F3NO. The molecule has 2 unspecified atom stereocenters. The predicted molar refractivity (Wildman–Crippen MR) is 50.5 cm³/mol. The Morgan fingerprint density at radius 2 is 2.00 bits per heavy atom. The highest BCUT2D eigenvalue weighted by molar-refractivity contribution is 5.82. The normalized spacial score (nSPS) is 29.5. The van der Waals surface area contributed by atoms with E-state index in [1.54, 1.807) is 11.8 Å². The molecule has 0 aliphatic carbocycles. The van der Waals surface area contributed by atoms with Gasteiger partial charge in [0.25, 0.3) is 0 Å². The molecule has 0 aromatic carbocycles. The van der Waals surface area contributed by atoms with Crippen LogP contribution in [0.1, 0.15) is 26.7 Å². The van der Waals surface area contributed by atoms with Gasteiger partial charge in [0.2, 0.25) is 0 Å². The lowest BCUT2D eigenvalue weighted by Gasteiger charge is -2.37. The molecule has 0 aromatic heterocycles. The zero-order valence-corrected chi connectivity index (χ0v) is 8.97. The number of nitrogens with zero attached hydrogens (tertiary/aromatic N) is 1. The Morgan fingerprint density at radius 3 is 2.53 bits per heavy atom. The third-order valence-electron chi connectivity index (χ3n) is 3.14. The summed E-state index contributed by atoms with van der Waals surface area (Å²) < 4.78 is 36.1. The lowest BCUT2D eigenvalue weighted by Crippen LogP contribution is -2.47. The molecule has 0 aromatic rings. The van der Waals surface area contributed by atoms with Gasteiger partial charge in [-0.3, -0.25) is 9.69 Å². The number of hydrogen-bond acceptors (Lipinski definition) is 2. The number of halogens is 3. The van der Waals surface area contributed by atoms with E-state index >= 15 is 0 Å². The molecular weight excluding hydrogens is 207 g/mol. The first-order valence-corrected chi connectivity index (χ1v) is 5.15. The number of piperidine rings is 1. The minimum absolute atomic E-state index is 0.00227. The first-order chi connectivity index (χ1) is 6.81. The van der Waals surface area contributed by atoms with Crippen LogP contribution in [0.15, 0.2) is 0 Å². The summed E-state index contributed by atoms with van der Waals surface area (Å²) in [6, 6.07) is -0.0754. The van der Waals surface area contributed by atoms with Crippen LogP contribution in [0.5, 0.6) is 0 Å². The van der Waals surface area contributed by atoms with E-state index in [4.69, 9.17) is 0 Å². The van der Waals surface area contributed by atoms with Crippen LogP contribution in [0.4, 0.5) is 13.2 Å². The summed E-state index contributed by atoms with van der Waals surface area (Å²) in [5.74, 6) is 0.0118. The van der Waals surface area contributed by atoms with Crippen molar-refractivity contribution in [3.63, 3.8) is 0 Å². The largest absolute Gasteiger partial charge is 0.390 e. The molecule has 0 spiro atoms. The molecule has 2 nitrogen and oxygen atoms in total. The summed E-state index contributed by atoms with van der Waals surface area (Å²) in [4.78, 5) is 13.1. The van der Waals surface area contributed by atoms with Crippen LogP contribution < -0.4 is 0 Å². The second-order valence-electron chi connectivity index (χ2n) is 4.15. The highest BCUT2D eigenvalue weighted by Gasteiger charge is 2.34. The van der Waals surface area contributed by atoms with E-state index in [-0.39, 0.29) is 24.3 Å². The summed E-state index contributed by atoms with van der Waals surface area (Å²) in [6.07, 6.45) is -4.52. The van der Waals surface area contributed by atoms with E-state index in [0.717, 1.165) is 0 Å². The van der Waals surface area contributed by atoms with Gasteiger partial charge in [-0.05, 0) is 6.92 Å². The van der Waals surface area contributed by atoms with Crippen molar-refractivity contribution in [1.29, 1.82) is 0 Å². The van der Waals surface area contributed by atoms with Crippen LogP contribution in [0.3, 0.4) is 0 Å². The fourth-order valence-corrected chi connectivity index (χ4v) is 1.86. The van der Waals surface area contributed by atoms with Crippen molar-refractivity contribution in [1.82, 2.24) is 4.90 Å². The maximum atomic E-state index is 12.0. The van der Waals surface area contributed by atoms with Gasteiger partial charge >= 0.3 is 6.18 Å². The minimum Gasteiger partial charge on any atom is -0.299 e. The smallest absolute Gasteiger partial charge is 0.299 e. The SMILES string of the molecule is CC1C(=O)CCN(CCC(F)(F)F)C1C. The molecule has 5 heteroatoms. The van der Waals surface area contributed by atoms with Crippen molar-refractivity contribution in [3.05, 3.63) is 0 Å². The second-order valence-corrected chi connectivity index (χ2v) is 4.15. The summed E-state index contributed by atoms with van der Waals surface area (Å²) >= 11 is 0. The van der Waals surface area contributed by atoms with E-state index in [9.17, 15) is 18.0 Å². The van der Waals surface area contributed by atoms with Gasteiger partial charge in [0.05, 0.1) is 6.42 Å². The highest BCUT2D eigenvalue weighted by Crippen LogP contribution is 2.24. The number of carbonyl (C=O) groups is 1. The quantitative estimate of drug-likeness (QED) is 0.715. The second kappa shape index (κ2) is 4.51. The van der Waals surface area contributed by atoms with Crippen LogP contribution >= 0.6 is 0 Å². The molecule has 15 heavy (non-hydrogen) atoms. The summed E-state index contributed by atoms with van der Waals surface area (Å²) in [5.41, 5.74) is 0. The Kier molecular flexibility index (Phi) is 3.76. The minimum atomic E-state index is -4.11. The van der Waals surface area contributed by atoms with Crippen LogP contribution in [0.25, 0.3) is 0 Å². The molecule has 1 rings (SSSR count). The fraction of sp³-hybridized carbons (Fsp3) is 0.900. The van der Waals surface area contributed by atoms with Gasteiger partial charge in [0.1, 0.15) is 5.78 Å². The molecule has 0 saturated carbocycles. The zero-order chi connectivity index (χ0) is 11.6.